The number of carbonyl (C=O) groups is 1. The van der Waals surface area contributed by atoms with E-state index in [2.05, 4.69) is 0 Å². The molecule has 0 bridgehead atoms. The average molecular weight is 238 g/mol. The highest BCUT2D eigenvalue weighted by molar-refractivity contribution is 5.99. The van der Waals surface area contributed by atoms with Crippen molar-refractivity contribution in [2.45, 2.75) is 13.0 Å². The standard InChI is InChI=1S/C12H18N2O3/c1-8(7-15)14(2)12(16)10-6-9(17-3)4-5-11(10)13/h4-6,8,15H,7,13H2,1-3H3. The zero-order valence-electron chi connectivity index (χ0n) is 10.3. The topological polar surface area (TPSA) is 75.8 Å². The number of benzene rings is 1. The molecule has 1 aromatic carbocycles. The van der Waals surface area contributed by atoms with E-state index in [1.165, 1.54) is 12.0 Å². The summed E-state index contributed by atoms with van der Waals surface area (Å²) in [4.78, 5) is 13.6. The zero-order valence-corrected chi connectivity index (χ0v) is 10.3. The van der Waals surface area contributed by atoms with E-state index < -0.39 is 0 Å². The van der Waals surface area contributed by atoms with Gasteiger partial charge in [0.05, 0.1) is 25.3 Å². The predicted molar refractivity (Wildman–Crippen MR) is 66.0 cm³/mol. The minimum Gasteiger partial charge on any atom is -0.497 e. The molecule has 17 heavy (non-hydrogen) atoms. The molecule has 0 spiro atoms. The first kappa shape index (κ1) is 13.3. The Morgan fingerprint density at radius 2 is 2.24 bits per heavy atom. The van der Waals surface area contributed by atoms with Gasteiger partial charge in [0, 0.05) is 12.7 Å². The summed E-state index contributed by atoms with van der Waals surface area (Å²) in [6, 6.07) is 4.66. The van der Waals surface area contributed by atoms with Gasteiger partial charge in [-0.1, -0.05) is 0 Å². The first-order valence-corrected chi connectivity index (χ1v) is 5.32. The number of aliphatic hydroxyl groups excluding tert-OH is 1. The maximum atomic E-state index is 12.1. The normalized spacial score (nSPS) is 12.0. The fraction of sp³-hybridized carbons (Fsp3) is 0.417. The third-order valence-corrected chi connectivity index (χ3v) is 2.74. The number of nitrogen functional groups attached to an aromatic ring is 1. The second-order valence-electron chi connectivity index (χ2n) is 3.90. The van der Waals surface area contributed by atoms with Crippen LogP contribution in [0.25, 0.3) is 0 Å². The Morgan fingerprint density at radius 3 is 2.76 bits per heavy atom. The fourth-order valence-electron chi connectivity index (χ4n) is 1.36. The highest BCUT2D eigenvalue weighted by atomic mass is 16.5. The van der Waals surface area contributed by atoms with Crippen LogP contribution in [0, 0.1) is 0 Å². The molecule has 0 aromatic heterocycles. The molecular weight excluding hydrogens is 220 g/mol. The van der Waals surface area contributed by atoms with Crippen molar-refractivity contribution in [1.82, 2.24) is 4.90 Å². The van der Waals surface area contributed by atoms with Gasteiger partial charge in [-0.3, -0.25) is 4.79 Å². The summed E-state index contributed by atoms with van der Waals surface area (Å²) in [7, 11) is 3.15. The van der Waals surface area contributed by atoms with Gasteiger partial charge >= 0.3 is 0 Å². The molecule has 0 fully saturated rings. The van der Waals surface area contributed by atoms with E-state index in [1.807, 2.05) is 0 Å². The van der Waals surface area contributed by atoms with E-state index in [-0.39, 0.29) is 18.6 Å². The van der Waals surface area contributed by atoms with E-state index in [0.717, 1.165) is 0 Å². The van der Waals surface area contributed by atoms with Crippen LogP contribution in [0.5, 0.6) is 5.75 Å². The van der Waals surface area contributed by atoms with Crippen molar-refractivity contribution in [2.24, 2.45) is 0 Å². The van der Waals surface area contributed by atoms with Crippen molar-refractivity contribution in [3.8, 4) is 5.75 Å². The molecule has 3 N–H and O–H groups in total. The SMILES string of the molecule is COc1ccc(N)c(C(=O)N(C)C(C)CO)c1. The minimum atomic E-state index is -0.256. The largest absolute Gasteiger partial charge is 0.497 e. The first-order valence-electron chi connectivity index (χ1n) is 5.32. The predicted octanol–water partition coefficient (Wildman–Crippen LogP) is 0.730. The summed E-state index contributed by atoms with van der Waals surface area (Å²) in [6.07, 6.45) is 0. The van der Waals surface area contributed by atoms with E-state index in [0.29, 0.717) is 17.0 Å². The Labute approximate surface area is 101 Å². The van der Waals surface area contributed by atoms with Gasteiger partial charge in [0.2, 0.25) is 0 Å². The Balaban J connectivity index is 3.02. The van der Waals surface area contributed by atoms with Crippen LogP contribution in [-0.4, -0.2) is 42.7 Å². The quantitative estimate of drug-likeness (QED) is 0.758. The Kier molecular flexibility index (Phi) is 4.34. The van der Waals surface area contributed by atoms with Crippen molar-refractivity contribution in [3.63, 3.8) is 0 Å². The van der Waals surface area contributed by atoms with Crippen LogP contribution in [0.2, 0.25) is 0 Å². The molecule has 1 aromatic rings. The number of nitrogens with zero attached hydrogens (tertiary/aromatic N) is 1. The number of ether oxygens (including phenoxy) is 1. The van der Waals surface area contributed by atoms with E-state index in [4.69, 9.17) is 15.6 Å². The van der Waals surface area contributed by atoms with Gasteiger partial charge in [0.15, 0.2) is 0 Å². The molecule has 0 heterocycles. The van der Waals surface area contributed by atoms with E-state index in [9.17, 15) is 4.79 Å². The summed E-state index contributed by atoms with van der Waals surface area (Å²) in [6.45, 7) is 1.67. The molecule has 0 saturated carbocycles. The Morgan fingerprint density at radius 1 is 1.59 bits per heavy atom. The molecule has 0 aliphatic rings. The summed E-state index contributed by atoms with van der Waals surface area (Å²) >= 11 is 0. The van der Waals surface area contributed by atoms with Crippen LogP contribution >= 0.6 is 0 Å². The monoisotopic (exact) mass is 238 g/mol. The number of likely N-dealkylation sites (N-methyl/N-ethyl adjacent to an activating group) is 1. The maximum Gasteiger partial charge on any atom is 0.256 e. The number of carbonyl (C=O) groups excluding carboxylic acids is 1. The second-order valence-corrected chi connectivity index (χ2v) is 3.90. The smallest absolute Gasteiger partial charge is 0.256 e. The molecule has 1 amide bonds. The van der Waals surface area contributed by atoms with Crippen LogP contribution in [0.4, 0.5) is 5.69 Å². The second kappa shape index (κ2) is 5.54. The van der Waals surface area contributed by atoms with Gasteiger partial charge in [-0.25, -0.2) is 0 Å². The Hall–Kier alpha value is -1.75. The Bertz CT molecular complexity index is 407. The fourth-order valence-corrected chi connectivity index (χ4v) is 1.36. The first-order chi connectivity index (χ1) is 8.01. The van der Waals surface area contributed by atoms with Gasteiger partial charge < -0.3 is 20.5 Å². The zero-order chi connectivity index (χ0) is 13.0. The van der Waals surface area contributed by atoms with Gasteiger partial charge in [0.1, 0.15) is 5.75 Å². The number of hydrogen-bond donors (Lipinski definition) is 2. The average Bonchev–Trinajstić information content (AvgIpc) is 2.36. The third kappa shape index (κ3) is 2.88. The number of nitrogens with two attached hydrogens (primary N) is 1. The molecule has 0 saturated heterocycles. The molecule has 94 valence electrons. The van der Waals surface area contributed by atoms with E-state index in [1.54, 1.807) is 32.2 Å². The lowest BCUT2D eigenvalue weighted by Gasteiger charge is -2.24. The summed E-state index contributed by atoms with van der Waals surface area (Å²) in [5.74, 6) is 0.343. The summed E-state index contributed by atoms with van der Waals surface area (Å²) < 4.78 is 5.05. The molecule has 1 rings (SSSR count). The highest BCUT2D eigenvalue weighted by Crippen LogP contribution is 2.21. The lowest BCUT2D eigenvalue weighted by Crippen LogP contribution is -2.37. The molecule has 5 heteroatoms. The van der Waals surface area contributed by atoms with Gasteiger partial charge in [-0.05, 0) is 25.1 Å². The lowest BCUT2D eigenvalue weighted by molar-refractivity contribution is 0.0683. The highest BCUT2D eigenvalue weighted by Gasteiger charge is 2.19. The molecule has 0 aliphatic heterocycles. The maximum absolute atomic E-state index is 12.1. The molecule has 1 atom stereocenters. The van der Waals surface area contributed by atoms with Gasteiger partial charge in [0.25, 0.3) is 5.91 Å². The van der Waals surface area contributed by atoms with E-state index >= 15 is 0 Å². The number of rotatable bonds is 4. The van der Waals surface area contributed by atoms with Crippen molar-refractivity contribution < 1.29 is 14.6 Å². The van der Waals surface area contributed by atoms with Crippen LogP contribution < -0.4 is 10.5 Å². The van der Waals surface area contributed by atoms with Crippen molar-refractivity contribution in [1.29, 1.82) is 0 Å². The molecular formula is C12H18N2O3. The van der Waals surface area contributed by atoms with Crippen LogP contribution in [0.15, 0.2) is 18.2 Å². The summed E-state index contributed by atoms with van der Waals surface area (Å²) in [5.41, 5.74) is 6.54. The van der Waals surface area contributed by atoms with Crippen LogP contribution in [-0.2, 0) is 0 Å². The minimum absolute atomic E-state index is 0.0912. The number of aliphatic hydroxyl groups is 1. The van der Waals surface area contributed by atoms with Gasteiger partial charge in [-0.2, -0.15) is 0 Å². The van der Waals surface area contributed by atoms with Crippen LogP contribution in [0.1, 0.15) is 17.3 Å². The lowest BCUT2D eigenvalue weighted by atomic mass is 10.1. The van der Waals surface area contributed by atoms with Crippen molar-refractivity contribution >= 4 is 11.6 Å². The van der Waals surface area contributed by atoms with Crippen LogP contribution in [0.3, 0.4) is 0 Å². The van der Waals surface area contributed by atoms with Crippen molar-refractivity contribution in [3.05, 3.63) is 23.8 Å². The number of hydrogen-bond acceptors (Lipinski definition) is 4. The van der Waals surface area contributed by atoms with Crippen molar-refractivity contribution in [2.75, 3.05) is 26.5 Å². The molecule has 5 nitrogen and oxygen atoms in total. The number of anilines is 1. The molecule has 0 radical (unpaired) electrons. The summed E-state index contributed by atoms with van der Waals surface area (Å²) in [5, 5.41) is 9.02. The third-order valence-electron chi connectivity index (χ3n) is 2.74. The molecule has 0 aliphatic carbocycles. The molecule has 1 unspecified atom stereocenters. The van der Waals surface area contributed by atoms with Gasteiger partial charge in [-0.15, -0.1) is 0 Å². The number of amides is 1. The number of methoxy groups -OCH3 is 1.